The van der Waals surface area contributed by atoms with Crippen LogP contribution in [0.5, 0.6) is 0 Å². The summed E-state index contributed by atoms with van der Waals surface area (Å²) in [5, 5.41) is 22.1. The van der Waals surface area contributed by atoms with Gasteiger partial charge in [-0.1, -0.05) is 12.1 Å². The van der Waals surface area contributed by atoms with Gasteiger partial charge in [0.05, 0.1) is 11.3 Å². The van der Waals surface area contributed by atoms with Gasteiger partial charge in [0.25, 0.3) is 0 Å². The normalized spacial score (nSPS) is 11.7. The summed E-state index contributed by atoms with van der Waals surface area (Å²) in [4.78, 5) is 33.1. The first kappa shape index (κ1) is 19.9. The number of nitrogens with one attached hydrogen (secondary N) is 1. The minimum Gasteiger partial charge on any atom is -0.480 e. The van der Waals surface area contributed by atoms with Gasteiger partial charge >= 0.3 is 11.7 Å². The molecule has 0 aliphatic carbocycles. The number of nitrogens with zero attached hydrogens (tertiary/aromatic N) is 1. The lowest BCUT2D eigenvalue weighted by molar-refractivity contribution is -0.387. The summed E-state index contributed by atoms with van der Waals surface area (Å²) in [7, 11) is 0. The molecule has 7 nitrogen and oxygen atoms in total. The molecule has 0 aliphatic heterocycles. The zero-order valence-corrected chi connectivity index (χ0v) is 13.6. The number of carboxylic acids is 1. The molecule has 1 atom stereocenters. The van der Waals surface area contributed by atoms with Gasteiger partial charge in [0.15, 0.2) is 0 Å². The van der Waals surface area contributed by atoms with Crippen LogP contribution in [0.1, 0.15) is 11.1 Å². The summed E-state index contributed by atoms with van der Waals surface area (Å²) in [6.07, 6.45) is -1.12. The van der Waals surface area contributed by atoms with E-state index in [9.17, 15) is 38.0 Å². The van der Waals surface area contributed by atoms with E-state index in [0.29, 0.717) is 0 Å². The van der Waals surface area contributed by atoms with Crippen molar-refractivity contribution in [2.75, 3.05) is 0 Å². The van der Waals surface area contributed by atoms with E-state index in [4.69, 9.17) is 0 Å². The van der Waals surface area contributed by atoms with E-state index in [1.54, 1.807) is 0 Å². The van der Waals surface area contributed by atoms with Crippen LogP contribution in [0.2, 0.25) is 0 Å². The standard InChI is InChI=1S/C17H13F3N2O5/c18-11-2-1-3-12(19)10(11)8-16(23)21-14(17(24)25)6-9-4-5-13(20)15(7-9)22(26)27/h1-5,7,14H,6,8H2,(H,21,23)(H,24,25)/t14-/m1/s1. The Hall–Kier alpha value is -3.43. The van der Waals surface area contributed by atoms with Crippen molar-refractivity contribution < 1.29 is 32.8 Å². The number of amides is 1. The van der Waals surface area contributed by atoms with Crippen LogP contribution in [0.15, 0.2) is 36.4 Å². The molecule has 1 amide bonds. The molecule has 142 valence electrons. The Morgan fingerprint density at radius 1 is 1.11 bits per heavy atom. The third-order valence-electron chi connectivity index (χ3n) is 3.68. The average Bonchev–Trinajstić information content (AvgIpc) is 2.59. The summed E-state index contributed by atoms with van der Waals surface area (Å²) in [6.45, 7) is 0. The predicted molar refractivity (Wildman–Crippen MR) is 86.4 cm³/mol. The molecule has 2 aromatic carbocycles. The van der Waals surface area contributed by atoms with E-state index in [2.05, 4.69) is 5.32 Å². The molecule has 27 heavy (non-hydrogen) atoms. The maximum absolute atomic E-state index is 13.6. The SMILES string of the molecule is O=C(Cc1c(F)cccc1F)N[C@H](Cc1ccc(F)c([N+](=O)[O-])c1)C(=O)O. The highest BCUT2D eigenvalue weighted by atomic mass is 19.1. The number of benzene rings is 2. The Balaban J connectivity index is 2.14. The fourth-order valence-electron chi connectivity index (χ4n) is 2.37. The summed E-state index contributed by atoms with van der Waals surface area (Å²) in [6, 6.07) is 4.30. The number of rotatable bonds is 7. The molecule has 0 fully saturated rings. The predicted octanol–water partition coefficient (Wildman–Crippen LogP) is 2.37. The number of hydrogen-bond donors (Lipinski definition) is 2. The van der Waals surface area contributed by atoms with Crippen molar-refractivity contribution in [2.24, 2.45) is 0 Å². The minimum absolute atomic E-state index is 0.0906. The molecule has 0 heterocycles. The molecular formula is C17H13F3N2O5. The lowest BCUT2D eigenvalue weighted by Gasteiger charge is -2.15. The van der Waals surface area contributed by atoms with Crippen LogP contribution in [-0.2, 0) is 22.4 Å². The molecule has 0 spiro atoms. The van der Waals surface area contributed by atoms with Crippen molar-refractivity contribution in [3.8, 4) is 0 Å². The van der Waals surface area contributed by atoms with Gasteiger partial charge in [-0.2, -0.15) is 4.39 Å². The van der Waals surface area contributed by atoms with Crippen molar-refractivity contribution in [1.82, 2.24) is 5.32 Å². The van der Waals surface area contributed by atoms with Gasteiger partial charge in [-0.15, -0.1) is 0 Å². The topological polar surface area (TPSA) is 110 Å². The molecular weight excluding hydrogens is 369 g/mol. The molecule has 0 saturated carbocycles. The Kier molecular flexibility index (Phi) is 6.11. The average molecular weight is 382 g/mol. The molecule has 2 rings (SSSR count). The van der Waals surface area contributed by atoms with Crippen molar-refractivity contribution in [2.45, 2.75) is 18.9 Å². The van der Waals surface area contributed by atoms with Crippen molar-refractivity contribution in [3.63, 3.8) is 0 Å². The van der Waals surface area contributed by atoms with Gasteiger partial charge in [0, 0.05) is 18.1 Å². The van der Waals surface area contributed by atoms with Gasteiger partial charge in [-0.3, -0.25) is 14.9 Å². The Labute approximate surface area is 150 Å². The lowest BCUT2D eigenvalue weighted by Crippen LogP contribution is -2.43. The summed E-state index contributed by atoms with van der Waals surface area (Å²) >= 11 is 0. The van der Waals surface area contributed by atoms with Crippen LogP contribution in [0, 0.1) is 27.6 Å². The van der Waals surface area contributed by atoms with Crippen molar-refractivity contribution in [3.05, 3.63) is 75.1 Å². The van der Waals surface area contributed by atoms with E-state index in [1.807, 2.05) is 0 Å². The second kappa shape index (κ2) is 8.30. The third kappa shape index (κ3) is 5.03. The van der Waals surface area contributed by atoms with Crippen molar-refractivity contribution in [1.29, 1.82) is 0 Å². The molecule has 0 aromatic heterocycles. The van der Waals surface area contributed by atoms with Gasteiger partial charge in [0.1, 0.15) is 17.7 Å². The maximum atomic E-state index is 13.6. The summed E-state index contributed by atoms with van der Waals surface area (Å²) < 4.78 is 40.5. The Morgan fingerprint density at radius 3 is 2.30 bits per heavy atom. The number of halogens is 3. The van der Waals surface area contributed by atoms with Crippen LogP contribution in [-0.4, -0.2) is 27.9 Å². The highest BCUT2D eigenvalue weighted by Crippen LogP contribution is 2.19. The highest BCUT2D eigenvalue weighted by Gasteiger charge is 2.24. The smallest absolute Gasteiger partial charge is 0.326 e. The number of carbonyl (C=O) groups excluding carboxylic acids is 1. The van der Waals surface area contributed by atoms with Crippen LogP contribution >= 0.6 is 0 Å². The van der Waals surface area contributed by atoms with Crippen LogP contribution in [0.3, 0.4) is 0 Å². The summed E-state index contributed by atoms with van der Waals surface area (Å²) in [5.74, 6) is -5.42. The number of carbonyl (C=O) groups is 2. The van der Waals surface area contributed by atoms with E-state index < -0.39 is 58.0 Å². The fourth-order valence-corrected chi connectivity index (χ4v) is 2.37. The van der Waals surface area contributed by atoms with Crippen LogP contribution in [0.25, 0.3) is 0 Å². The first-order valence-electron chi connectivity index (χ1n) is 7.57. The first-order chi connectivity index (χ1) is 12.7. The number of nitro groups is 1. The third-order valence-corrected chi connectivity index (χ3v) is 3.68. The molecule has 2 aromatic rings. The van der Waals surface area contributed by atoms with Crippen LogP contribution < -0.4 is 5.32 Å². The molecule has 0 unspecified atom stereocenters. The minimum atomic E-state index is -1.53. The Bertz CT molecular complexity index is 884. The van der Waals surface area contributed by atoms with E-state index in [-0.39, 0.29) is 12.0 Å². The fraction of sp³-hybridized carbons (Fsp3) is 0.176. The molecule has 10 heteroatoms. The van der Waals surface area contributed by atoms with Gasteiger partial charge in [0.2, 0.25) is 11.7 Å². The molecule has 0 radical (unpaired) electrons. The largest absolute Gasteiger partial charge is 0.480 e. The Morgan fingerprint density at radius 2 is 1.74 bits per heavy atom. The van der Waals surface area contributed by atoms with Crippen molar-refractivity contribution >= 4 is 17.6 Å². The maximum Gasteiger partial charge on any atom is 0.326 e. The first-order valence-corrected chi connectivity index (χ1v) is 7.57. The quantitative estimate of drug-likeness (QED) is 0.564. The molecule has 0 bridgehead atoms. The van der Waals surface area contributed by atoms with E-state index in [0.717, 1.165) is 36.4 Å². The summed E-state index contributed by atoms with van der Waals surface area (Å²) in [5.41, 5.74) is -1.26. The number of carboxylic acid groups (broad SMARTS) is 1. The van der Waals surface area contributed by atoms with E-state index >= 15 is 0 Å². The van der Waals surface area contributed by atoms with Crippen LogP contribution in [0.4, 0.5) is 18.9 Å². The zero-order valence-electron chi connectivity index (χ0n) is 13.6. The molecule has 0 aliphatic rings. The van der Waals surface area contributed by atoms with E-state index in [1.165, 1.54) is 0 Å². The number of hydrogen-bond acceptors (Lipinski definition) is 4. The second-order valence-corrected chi connectivity index (χ2v) is 5.58. The molecule has 2 N–H and O–H groups in total. The zero-order chi connectivity index (χ0) is 20.1. The lowest BCUT2D eigenvalue weighted by atomic mass is 10.0. The number of nitro benzene ring substituents is 1. The number of aliphatic carboxylic acids is 1. The molecule has 0 saturated heterocycles. The van der Waals surface area contributed by atoms with Gasteiger partial charge in [-0.05, 0) is 23.8 Å². The monoisotopic (exact) mass is 382 g/mol. The van der Waals surface area contributed by atoms with Gasteiger partial charge in [-0.25, -0.2) is 13.6 Å². The highest BCUT2D eigenvalue weighted by molar-refractivity contribution is 5.85. The van der Waals surface area contributed by atoms with Gasteiger partial charge < -0.3 is 10.4 Å². The second-order valence-electron chi connectivity index (χ2n) is 5.58.